The number of H-pyrrole nitrogens is 1. The normalized spacial score (nSPS) is 11.0. The van der Waals surface area contributed by atoms with Crippen molar-refractivity contribution in [3.63, 3.8) is 0 Å². The van der Waals surface area contributed by atoms with E-state index in [9.17, 15) is 4.79 Å². The minimum Gasteiger partial charge on any atom is -0.369 e. The van der Waals surface area contributed by atoms with Gasteiger partial charge in [-0.05, 0) is 17.5 Å². The Hall–Kier alpha value is -2.43. The zero-order valence-corrected chi connectivity index (χ0v) is 8.27. The van der Waals surface area contributed by atoms with Crippen molar-refractivity contribution in [3.8, 4) is 0 Å². The third kappa shape index (κ3) is 1.15. The van der Waals surface area contributed by atoms with Crippen molar-refractivity contribution in [2.24, 2.45) is 0 Å². The molecule has 5 nitrogen and oxygen atoms in total. The maximum atomic E-state index is 11.8. The Morgan fingerprint density at radius 3 is 3.00 bits per heavy atom. The maximum Gasteiger partial charge on any atom is 0.260 e. The lowest BCUT2D eigenvalue weighted by Gasteiger charge is -2.02. The molecule has 0 aliphatic heterocycles. The highest BCUT2D eigenvalue weighted by atomic mass is 16.1. The molecule has 0 aliphatic rings. The molecule has 0 bridgehead atoms. The molecule has 1 aromatic carbocycles. The Morgan fingerprint density at radius 1 is 1.25 bits per heavy atom. The van der Waals surface area contributed by atoms with Gasteiger partial charge in [0.05, 0.1) is 10.9 Å². The van der Waals surface area contributed by atoms with Crippen molar-refractivity contribution in [2.75, 3.05) is 5.73 Å². The highest BCUT2D eigenvalue weighted by Gasteiger charge is 2.06. The second-order valence-corrected chi connectivity index (χ2v) is 3.51. The van der Waals surface area contributed by atoms with Gasteiger partial charge < -0.3 is 5.73 Å². The van der Waals surface area contributed by atoms with Crippen molar-refractivity contribution in [2.45, 2.75) is 0 Å². The molecule has 78 valence electrons. The number of anilines is 1. The summed E-state index contributed by atoms with van der Waals surface area (Å²) in [6.45, 7) is 0. The Labute approximate surface area is 90.0 Å². The van der Waals surface area contributed by atoms with Gasteiger partial charge in [-0.25, -0.2) is 4.98 Å². The van der Waals surface area contributed by atoms with Crippen LogP contribution >= 0.6 is 0 Å². The Morgan fingerprint density at radius 2 is 2.12 bits per heavy atom. The predicted molar refractivity (Wildman–Crippen MR) is 62.1 cm³/mol. The van der Waals surface area contributed by atoms with E-state index in [1.54, 1.807) is 18.5 Å². The highest BCUT2D eigenvalue weighted by Crippen LogP contribution is 2.20. The molecule has 0 radical (unpaired) electrons. The smallest absolute Gasteiger partial charge is 0.260 e. The monoisotopic (exact) mass is 212 g/mol. The average molecular weight is 212 g/mol. The van der Waals surface area contributed by atoms with Gasteiger partial charge in [0.1, 0.15) is 0 Å². The first-order chi connectivity index (χ1) is 7.75. The van der Waals surface area contributed by atoms with Gasteiger partial charge in [-0.3, -0.25) is 14.8 Å². The van der Waals surface area contributed by atoms with Crippen LogP contribution in [-0.2, 0) is 0 Å². The molecule has 5 heteroatoms. The van der Waals surface area contributed by atoms with Crippen LogP contribution in [0, 0.1) is 0 Å². The second-order valence-electron chi connectivity index (χ2n) is 3.51. The van der Waals surface area contributed by atoms with Gasteiger partial charge in [0.25, 0.3) is 5.56 Å². The highest BCUT2D eigenvalue weighted by molar-refractivity contribution is 6.05. The molecule has 0 fully saturated rings. The van der Waals surface area contributed by atoms with Gasteiger partial charge in [-0.1, -0.05) is 6.07 Å². The van der Waals surface area contributed by atoms with Crippen LogP contribution in [0.4, 0.5) is 5.95 Å². The number of hydrogen-bond donors (Lipinski definition) is 2. The molecule has 0 atom stereocenters. The first-order valence-electron chi connectivity index (χ1n) is 4.78. The van der Waals surface area contributed by atoms with E-state index in [-0.39, 0.29) is 11.5 Å². The van der Waals surface area contributed by atoms with Crippen molar-refractivity contribution >= 4 is 27.6 Å². The number of hydrogen-bond acceptors (Lipinski definition) is 4. The number of benzene rings is 1. The van der Waals surface area contributed by atoms with E-state index in [1.807, 2.05) is 12.1 Å². The van der Waals surface area contributed by atoms with Crippen LogP contribution in [0.1, 0.15) is 0 Å². The van der Waals surface area contributed by atoms with Gasteiger partial charge in [-0.15, -0.1) is 0 Å². The lowest BCUT2D eigenvalue weighted by atomic mass is 10.1. The second kappa shape index (κ2) is 3.03. The van der Waals surface area contributed by atoms with Gasteiger partial charge in [0, 0.05) is 17.8 Å². The van der Waals surface area contributed by atoms with E-state index in [1.165, 1.54) is 0 Å². The zero-order chi connectivity index (χ0) is 11.1. The van der Waals surface area contributed by atoms with E-state index in [0.717, 1.165) is 10.8 Å². The minimum atomic E-state index is -0.235. The van der Waals surface area contributed by atoms with E-state index in [2.05, 4.69) is 15.0 Å². The van der Waals surface area contributed by atoms with E-state index in [0.29, 0.717) is 10.9 Å². The number of aromatic nitrogens is 3. The summed E-state index contributed by atoms with van der Waals surface area (Å²) in [6, 6.07) is 5.53. The molecule has 3 N–H and O–H groups in total. The van der Waals surface area contributed by atoms with Gasteiger partial charge >= 0.3 is 0 Å². The van der Waals surface area contributed by atoms with Crippen molar-refractivity contribution < 1.29 is 0 Å². The molecule has 3 rings (SSSR count). The molecule has 0 saturated heterocycles. The first kappa shape index (κ1) is 8.84. The average Bonchev–Trinajstić information content (AvgIpc) is 2.28. The van der Waals surface area contributed by atoms with E-state index < -0.39 is 0 Å². The Bertz CT molecular complexity index is 748. The molecule has 0 saturated carbocycles. The molecule has 3 aromatic rings. The van der Waals surface area contributed by atoms with Gasteiger partial charge in [0.15, 0.2) is 0 Å². The third-order valence-electron chi connectivity index (χ3n) is 2.51. The number of pyridine rings is 1. The summed E-state index contributed by atoms with van der Waals surface area (Å²) in [7, 11) is 0. The number of nitrogens with one attached hydrogen (secondary N) is 1. The molecule has 2 heterocycles. The maximum absolute atomic E-state index is 11.8. The van der Waals surface area contributed by atoms with Crippen LogP contribution in [0.5, 0.6) is 0 Å². The summed E-state index contributed by atoms with van der Waals surface area (Å²) >= 11 is 0. The minimum absolute atomic E-state index is 0.126. The van der Waals surface area contributed by atoms with Crippen molar-refractivity contribution in [1.29, 1.82) is 0 Å². The molecule has 0 amide bonds. The van der Waals surface area contributed by atoms with Crippen LogP contribution in [0.2, 0.25) is 0 Å². The number of rotatable bonds is 0. The van der Waals surface area contributed by atoms with Crippen molar-refractivity contribution in [3.05, 3.63) is 40.9 Å². The van der Waals surface area contributed by atoms with Crippen LogP contribution in [-0.4, -0.2) is 15.0 Å². The molecule has 2 aromatic heterocycles. The fourth-order valence-corrected chi connectivity index (χ4v) is 1.82. The predicted octanol–water partition coefficient (Wildman–Crippen LogP) is 1.05. The van der Waals surface area contributed by atoms with Crippen LogP contribution in [0.15, 0.2) is 35.4 Å². The standard InChI is InChI=1S/C11H8N4O/c12-11-14-8-2-1-6-3-4-13-5-7(6)9(8)10(16)15-11/h1-5H,(H3,12,14,15,16). The summed E-state index contributed by atoms with van der Waals surface area (Å²) in [5.41, 5.74) is 5.84. The fraction of sp³-hybridized carbons (Fsp3) is 0. The number of nitrogen functional groups attached to an aromatic ring is 1. The largest absolute Gasteiger partial charge is 0.369 e. The summed E-state index contributed by atoms with van der Waals surface area (Å²) in [5.74, 6) is 0.126. The van der Waals surface area contributed by atoms with Crippen LogP contribution < -0.4 is 11.3 Å². The quantitative estimate of drug-likeness (QED) is 0.545. The molecular weight excluding hydrogens is 204 g/mol. The molecular formula is C11H8N4O. The van der Waals surface area contributed by atoms with Crippen LogP contribution in [0.3, 0.4) is 0 Å². The first-order valence-corrected chi connectivity index (χ1v) is 4.78. The number of aromatic amines is 1. The molecule has 0 aliphatic carbocycles. The number of nitrogens with two attached hydrogens (primary N) is 1. The Balaban J connectivity index is 2.65. The fourth-order valence-electron chi connectivity index (χ4n) is 1.82. The summed E-state index contributed by atoms with van der Waals surface area (Å²) in [4.78, 5) is 22.4. The zero-order valence-electron chi connectivity index (χ0n) is 8.27. The lowest BCUT2D eigenvalue weighted by molar-refractivity contribution is 1.19. The van der Waals surface area contributed by atoms with Crippen molar-refractivity contribution in [1.82, 2.24) is 15.0 Å². The summed E-state index contributed by atoms with van der Waals surface area (Å²) in [5, 5.41) is 2.27. The Kier molecular flexibility index (Phi) is 1.67. The number of nitrogens with zero attached hydrogens (tertiary/aromatic N) is 2. The topological polar surface area (TPSA) is 84.7 Å². The summed E-state index contributed by atoms with van der Waals surface area (Å²) in [6.07, 6.45) is 3.35. The van der Waals surface area contributed by atoms with Gasteiger partial charge in [0.2, 0.25) is 5.95 Å². The third-order valence-corrected chi connectivity index (χ3v) is 2.51. The van der Waals surface area contributed by atoms with E-state index in [4.69, 9.17) is 5.73 Å². The van der Waals surface area contributed by atoms with Gasteiger partial charge in [-0.2, -0.15) is 0 Å². The van der Waals surface area contributed by atoms with Crippen LogP contribution in [0.25, 0.3) is 21.7 Å². The number of fused-ring (bicyclic) bond motifs is 3. The summed E-state index contributed by atoms with van der Waals surface area (Å²) < 4.78 is 0. The SMILES string of the molecule is Nc1nc2ccc3ccncc3c2c(=O)[nH]1. The van der Waals surface area contributed by atoms with E-state index >= 15 is 0 Å². The molecule has 0 spiro atoms. The lowest BCUT2D eigenvalue weighted by Crippen LogP contribution is -2.11. The molecule has 16 heavy (non-hydrogen) atoms. The molecule has 0 unspecified atom stereocenters.